The summed E-state index contributed by atoms with van der Waals surface area (Å²) in [5.41, 5.74) is 1.14. The zero-order valence-electron chi connectivity index (χ0n) is 22.5. The number of aliphatic hydroxyl groups excluding tert-OH is 6. The van der Waals surface area contributed by atoms with Gasteiger partial charge in [-0.15, -0.1) is 0 Å². The summed E-state index contributed by atoms with van der Waals surface area (Å²) in [6, 6.07) is 7.66. The van der Waals surface area contributed by atoms with Crippen LogP contribution in [-0.4, -0.2) is 114 Å². The molecular weight excluding hydrogens is 532 g/mol. The quantitative estimate of drug-likeness (QED) is 0.156. The molecule has 0 unspecified atom stereocenters. The number of hydrogen-bond donors (Lipinski definition) is 7. The van der Waals surface area contributed by atoms with Crippen molar-refractivity contribution in [2.24, 2.45) is 0 Å². The van der Waals surface area contributed by atoms with Gasteiger partial charge >= 0.3 is 0 Å². The average Bonchev–Trinajstić information content (AvgIpc) is 2.97. The SMILES string of the molecule is COc1cc([C@H](O[C@@H]2O[C@H](CO)[C@@H](O)[C@H](O)[C@H]2O)[C@H](CO)Oc2c(OC)cc(CCCO)cc2OC)ccc1O. The smallest absolute Gasteiger partial charge is 0.204 e. The number of phenolic OH excluding ortho intramolecular Hbond substituents is 1. The first-order valence-corrected chi connectivity index (χ1v) is 12.7. The van der Waals surface area contributed by atoms with Crippen molar-refractivity contribution < 1.29 is 64.2 Å². The first-order chi connectivity index (χ1) is 19.2. The fraction of sp³-hybridized carbons (Fsp3) is 0.556. The first-order valence-electron chi connectivity index (χ1n) is 12.7. The van der Waals surface area contributed by atoms with Crippen LogP contribution in [0.3, 0.4) is 0 Å². The monoisotopic (exact) mass is 570 g/mol. The van der Waals surface area contributed by atoms with Gasteiger partial charge in [-0.2, -0.15) is 0 Å². The van der Waals surface area contributed by atoms with E-state index in [1.54, 1.807) is 12.1 Å². The Morgan fingerprint density at radius 1 is 0.850 bits per heavy atom. The van der Waals surface area contributed by atoms with Gasteiger partial charge in [0.2, 0.25) is 5.75 Å². The highest BCUT2D eigenvalue weighted by Crippen LogP contribution is 2.42. The van der Waals surface area contributed by atoms with E-state index in [9.17, 15) is 35.7 Å². The number of ether oxygens (including phenoxy) is 6. The molecule has 40 heavy (non-hydrogen) atoms. The second-order valence-corrected chi connectivity index (χ2v) is 9.18. The standard InChI is InChI=1S/C27H38O13/c1-35-17-11-15(6-7-16(17)31)25(40-27-24(34)23(33)22(32)20(12-29)39-27)21(13-30)38-26-18(36-2)9-14(5-4-8-28)10-19(26)37-3/h6-7,9-11,20-25,27-34H,4-5,8,12-13H2,1-3H3/t20-,21+,22-,23+,24-,25+,27+/m1/s1. The number of methoxy groups -OCH3 is 3. The summed E-state index contributed by atoms with van der Waals surface area (Å²) in [5, 5.41) is 70.4. The summed E-state index contributed by atoms with van der Waals surface area (Å²) in [6.45, 7) is -1.30. The van der Waals surface area contributed by atoms with Gasteiger partial charge in [0.25, 0.3) is 0 Å². The zero-order chi connectivity index (χ0) is 29.4. The summed E-state index contributed by atoms with van der Waals surface area (Å²) in [6.07, 6.45) is -9.22. The molecule has 1 fully saturated rings. The van der Waals surface area contributed by atoms with Crippen molar-refractivity contribution in [3.63, 3.8) is 0 Å². The first kappa shape index (κ1) is 31.6. The number of aromatic hydroxyl groups is 1. The van der Waals surface area contributed by atoms with E-state index in [4.69, 9.17) is 28.4 Å². The largest absolute Gasteiger partial charge is 0.504 e. The molecule has 2 aromatic carbocycles. The maximum Gasteiger partial charge on any atom is 0.204 e. The molecule has 0 bridgehead atoms. The van der Waals surface area contributed by atoms with Crippen molar-refractivity contribution in [2.45, 2.75) is 55.8 Å². The number of aryl methyl sites for hydroxylation is 1. The minimum absolute atomic E-state index is 0.00251. The molecule has 3 rings (SSSR count). The van der Waals surface area contributed by atoms with Crippen LogP contribution < -0.4 is 18.9 Å². The number of rotatable bonds is 14. The topological polar surface area (TPSA) is 197 Å². The van der Waals surface area contributed by atoms with Crippen LogP contribution in [0.15, 0.2) is 30.3 Å². The summed E-state index contributed by atoms with van der Waals surface area (Å²) >= 11 is 0. The van der Waals surface area contributed by atoms with Crippen LogP contribution in [0.2, 0.25) is 0 Å². The maximum atomic E-state index is 10.6. The molecule has 1 aliphatic heterocycles. The Morgan fingerprint density at radius 2 is 1.50 bits per heavy atom. The molecular formula is C27H38O13. The fourth-order valence-corrected chi connectivity index (χ4v) is 4.40. The van der Waals surface area contributed by atoms with E-state index >= 15 is 0 Å². The van der Waals surface area contributed by atoms with E-state index in [0.29, 0.717) is 18.4 Å². The van der Waals surface area contributed by atoms with Crippen LogP contribution in [0.5, 0.6) is 28.7 Å². The van der Waals surface area contributed by atoms with Gasteiger partial charge in [0.15, 0.2) is 35.4 Å². The summed E-state index contributed by atoms with van der Waals surface area (Å²) in [4.78, 5) is 0. The van der Waals surface area contributed by atoms with Crippen molar-refractivity contribution in [1.82, 2.24) is 0 Å². The van der Waals surface area contributed by atoms with Crippen molar-refractivity contribution in [1.29, 1.82) is 0 Å². The van der Waals surface area contributed by atoms with E-state index in [2.05, 4.69) is 0 Å². The van der Waals surface area contributed by atoms with Gasteiger partial charge in [-0.3, -0.25) is 0 Å². The molecule has 13 nitrogen and oxygen atoms in total. The minimum Gasteiger partial charge on any atom is -0.504 e. The van der Waals surface area contributed by atoms with Crippen LogP contribution in [0.1, 0.15) is 23.7 Å². The van der Waals surface area contributed by atoms with Crippen LogP contribution in [0.4, 0.5) is 0 Å². The summed E-state index contributed by atoms with van der Waals surface area (Å²) in [7, 11) is 4.21. The van der Waals surface area contributed by atoms with Crippen LogP contribution in [0.25, 0.3) is 0 Å². The third-order valence-electron chi connectivity index (χ3n) is 6.59. The Bertz CT molecular complexity index is 1050. The molecule has 224 valence electrons. The Balaban J connectivity index is 2.04. The Labute approximate surface area is 231 Å². The molecule has 1 heterocycles. The molecule has 1 saturated heterocycles. The van der Waals surface area contributed by atoms with Gasteiger partial charge in [0.1, 0.15) is 30.5 Å². The van der Waals surface area contributed by atoms with Crippen molar-refractivity contribution in [2.75, 3.05) is 41.2 Å². The molecule has 13 heteroatoms. The van der Waals surface area contributed by atoms with Gasteiger partial charge in [0, 0.05) is 6.61 Å². The molecule has 2 aromatic rings. The molecule has 0 aliphatic carbocycles. The highest BCUT2D eigenvalue weighted by Gasteiger charge is 2.46. The minimum atomic E-state index is -1.73. The predicted octanol–water partition coefficient (Wildman–Crippen LogP) is -0.360. The predicted molar refractivity (Wildman–Crippen MR) is 139 cm³/mol. The third-order valence-corrected chi connectivity index (χ3v) is 6.59. The molecule has 7 N–H and O–H groups in total. The lowest BCUT2D eigenvalue weighted by molar-refractivity contribution is -0.318. The van der Waals surface area contributed by atoms with E-state index in [1.165, 1.54) is 39.5 Å². The third kappa shape index (κ3) is 7.06. The van der Waals surface area contributed by atoms with Crippen LogP contribution in [0, 0.1) is 0 Å². The molecule has 1 aliphatic rings. The van der Waals surface area contributed by atoms with Gasteiger partial charge in [0.05, 0.1) is 34.5 Å². The van der Waals surface area contributed by atoms with E-state index in [-0.39, 0.29) is 35.4 Å². The molecule has 0 spiro atoms. The van der Waals surface area contributed by atoms with Crippen LogP contribution >= 0.6 is 0 Å². The molecule has 0 saturated carbocycles. The van der Waals surface area contributed by atoms with Gasteiger partial charge < -0.3 is 64.2 Å². The number of benzene rings is 2. The van der Waals surface area contributed by atoms with Gasteiger partial charge in [-0.1, -0.05) is 6.07 Å². The molecule has 0 amide bonds. The van der Waals surface area contributed by atoms with Crippen LogP contribution in [-0.2, 0) is 15.9 Å². The molecule has 7 atom stereocenters. The van der Waals surface area contributed by atoms with E-state index < -0.39 is 56.1 Å². The summed E-state index contributed by atoms with van der Waals surface area (Å²) in [5.74, 6) is 0.604. The van der Waals surface area contributed by atoms with E-state index in [1.807, 2.05) is 0 Å². The Morgan fingerprint density at radius 3 is 2.05 bits per heavy atom. The normalized spacial score (nSPS) is 24.3. The number of aliphatic hydroxyl groups is 6. The van der Waals surface area contributed by atoms with E-state index in [0.717, 1.165) is 5.56 Å². The average molecular weight is 571 g/mol. The van der Waals surface area contributed by atoms with Crippen molar-refractivity contribution >= 4 is 0 Å². The maximum absolute atomic E-state index is 10.6. The second kappa shape index (κ2) is 14.7. The lowest BCUT2D eigenvalue weighted by Gasteiger charge is -2.41. The lowest BCUT2D eigenvalue weighted by atomic mass is 9.98. The molecule has 0 aromatic heterocycles. The van der Waals surface area contributed by atoms with Gasteiger partial charge in [-0.25, -0.2) is 0 Å². The number of hydrogen-bond acceptors (Lipinski definition) is 13. The number of phenols is 1. The molecule has 0 radical (unpaired) electrons. The van der Waals surface area contributed by atoms with Crippen molar-refractivity contribution in [3.05, 3.63) is 41.5 Å². The zero-order valence-corrected chi connectivity index (χ0v) is 22.5. The van der Waals surface area contributed by atoms with Crippen molar-refractivity contribution in [3.8, 4) is 28.7 Å². The summed E-state index contributed by atoms with van der Waals surface area (Å²) < 4.78 is 34.0. The highest BCUT2D eigenvalue weighted by atomic mass is 16.7. The van der Waals surface area contributed by atoms with Gasteiger partial charge in [-0.05, 0) is 48.2 Å². The Hall–Kier alpha value is -2.88. The fourth-order valence-electron chi connectivity index (χ4n) is 4.40. The Kier molecular flexibility index (Phi) is 11.6. The lowest BCUT2D eigenvalue weighted by Crippen LogP contribution is -2.59. The highest BCUT2D eigenvalue weighted by molar-refractivity contribution is 5.54. The second-order valence-electron chi connectivity index (χ2n) is 9.18.